The first kappa shape index (κ1) is 77.2. The summed E-state index contributed by atoms with van der Waals surface area (Å²) in [6.07, 6.45) is 104. The van der Waals surface area contributed by atoms with E-state index in [1.807, 2.05) is 0 Å². The Morgan fingerprint density at radius 1 is 0.241 bits per heavy atom. The molecule has 0 aliphatic rings. The lowest BCUT2D eigenvalue weighted by Crippen LogP contribution is -2.30. The molecule has 0 rings (SSSR count). The van der Waals surface area contributed by atoms with E-state index in [9.17, 15) is 14.4 Å². The van der Waals surface area contributed by atoms with Gasteiger partial charge in [-0.05, 0) is 161 Å². The Bertz CT molecular complexity index is 1990. The smallest absolute Gasteiger partial charge is 0.306 e. The third kappa shape index (κ3) is 66.9. The Morgan fingerprint density at radius 3 is 0.675 bits per heavy atom. The Kier molecular flexibility index (Phi) is 64.0. The Morgan fingerprint density at radius 2 is 0.434 bits per heavy atom. The summed E-state index contributed by atoms with van der Waals surface area (Å²) < 4.78 is 16.9. The minimum atomic E-state index is -0.819. The molecule has 0 fully saturated rings. The monoisotopic (exact) mass is 1140 g/mol. The van der Waals surface area contributed by atoms with Gasteiger partial charge < -0.3 is 14.2 Å². The van der Waals surface area contributed by atoms with Crippen molar-refractivity contribution in [3.8, 4) is 0 Å². The summed E-state index contributed by atoms with van der Waals surface area (Å²) in [5.41, 5.74) is 0. The van der Waals surface area contributed by atoms with E-state index in [0.717, 1.165) is 212 Å². The average molecular weight is 1140 g/mol. The topological polar surface area (TPSA) is 78.9 Å². The van der Waals surface area contributed by atoms with Crippen LogP contribution >= 0.6 is 0 Å². The highest BCUT2D eigenvalue weighted by atomic mass is 16.6. The van der Waals surface area contributed by atoms with E-state index in [2.05, 4.69) is 215 Å². The van der Waals surface area contributed by atoms with Crippen LogP contribution in [0.1, 0.15) is 252 Å². The van der Waals surface area contributed by atoms with Gasteiger partial charge in [0.05, 0.1) is 0 Å². The van der Waals surface area contributed by atoms with Crippen LogP contribution in [0.2, 0.25) is 0 Å². The van der Waals surface area contributed by atoms with Crippen molar-refractivity contribution in [2.45, 2.75) is 258 Å². The van der Waals surface area contributed by atoms with Crippen molar-refractivity contribution >= 4 is 17.9 Å². The average Bonchev–Trinajstić information content (AvgIpc) is 3.49. The van der Waals surface area contributed by atoms with Crippen LogP contribution in [0.15, 0.2) is 194 Å². The molecule has 0 spiro atoms. The molecule has 0 N–H and O–H groups in total. The quantitative estimate of drug-likeness (QED) is 0.0261. The third-order valence-corrected chi connectivity index (χ3v) is 13.1. The van der Waals surface area contributed by atoms with Crippen LogP contribution in [0, 0.1) is 0 Å². The van der Waals surface area contributed by atoms with E-state index >= 15 is 0 Å². The zero-order valence-corrected chi connectivity index (χ0v) is 52.9. The van der Waals surface area contributed by atoms with Gasteiger partial charge in [-0.15, -0.1) is 0 Å². The maximum atomic E-state index is 12.9. The van der Waals surface area contributed by atoms with E-state index in [0.29, 0.717) is 12.8 Å². The van der Waals surface area contributed by atoms with Crippen LogP contribution in [0.5, 0.6) is 0 Å². The van der Waals surface area contributed by atoms with Crippen molar-refractivity contribution in [1.29, 1.82) is 0 Å². The van der Waals surface area contributed by atoms with E-state index in [-0.39, 0.29) is 37.5 Å². The number of esters is 3. The normalized spacial score (nSPS) is 13.4. The van der Waals surface area contributed by atoms with E-state index in [1.54, 1.807) is 0 Å². The van der Waals surface area contributed by atoms with Crippen LogP contribution in [0.25, 0.3) is 0 Å². The molecule has 0 amide bonds. The summed E-state index contributed by atoms with van der Waals surface area (Å²) >= 11 is 0. The molecule has 6 heteroatoms. The second-order valence-corrected chi connectivity index (χ2v) is 20.9. The summed E-state index contributed by atoms with van der Waals surface area (Å²) in [4.78, 5) is 38.3. The van der Waals surface area contributed by atoms with Crippen LogP contribution in [-0.4, -0.2) is 37.2 Å². The summed E-state index contributed by atoms with van der Waals surface area (Å²) in [5.74, 6) is -0.980. The fraction of sp³-hybridized carbons (Fsp3) is 0.545. The molecule has 0 bridgehead atoms. The van der Waals surface area contributed by atoms with Gasteiger partial charge in [0.1, 0.15) is 13.2 Å². The standard InChI is InChI=1S/C77H118O6/c1-4-7-10-13-16-19-22-25-28-30-31-32-33-34-35-36-37-38-39-40-41-42-43-44-45-47-49-52-55-58-61-64-67-70-76(79)82-73-74(72-81-75(78)69-66-63-60-57-54-51-48-27-24-21-18-15-12-9-6-3)83-77(80)71-68-65-62-59-56-53-50-46-29-26-23-20-17-14-11-8-5-2/h7-12,16-21,25-29,31-32,34-35,37-38,40-41,43-44,47-50,53,74H,4-6,13-15,22-24,30,33,36,39,42,45-46,51-52,54-73H2,1-3H3/b10-7-,11-8-,12-9-,19-16-,20-17-,21-18-,28-25-,29-26-,32-31-,35-34-,38-37-,41-40-,44-43-,48-27-,49-47-,53-50-. The number of rotatable bonds is 57. The molecule has 0 aliphatic carbocycles. The molecule has 1 atom stereocenters. The number of unbranched alkanes of at least 4 members (excludes halogenated alkanes) is 14. The highest BCUT2D eigenvalue weighted by Gasteiger charge is 2.19. The molecule has 0 saturated heterocycles. The summed E-state index contributed by atoms with van der Waals surface area (Å²) in [6, 6.07) is 0. The molecule has 6 nitrogen and oxygen atoms in total. The van der Waals surface area contributed by atoms with Crippen molar-refractivity contribution in [1.82, 2.24) is 0 Å². The van der Waals surface area contributed by atoms with Gasteiger partial charge in [0.25, 0.3) is 0 Å². The van der Waals surface area contributed by atoms with E-state index in [4.69, 9.17) is 14.2 Å². The SMILES string of the molecule is CC/C=C\C/C=C\C/C=C\C/C=C\C/C=C\C/C=C\C/C=C\C/C=C\C/C=C\CCCCCCCC(=O)OCC(COC(=O)CCCCCCC/C=C\C/C=C\C/C=C\CC)OC(=O)CCCCCC/C=C\C/C=C\C/C=C\C/C=C\CC. The van der Waals surface area contributed by atoms with Crippen LogP contribution in [-0.2, 0) is 28.6 Å². The van der Waals surface area contributed by atoms with Gasteiger partial charge in [-0.1, -0.05) is 267 Å². The molecular formula is C77H118O6. The van der Waals surface area contributed by atoms with E-state index in [1.165, 1.54) is 0 Å². The fourth-order valence-electron chi connectivity index (χ4n) is 8.26. The van der Waals surface area contributed by atoms with Crippen molar-refractivity contribution in [3.63, 3.8) is 0 Å². The molecule has 83 heavy (non-hydrogen) atoms. The first-order chi connectivity index (χ1) is 41.0. The molecule has 0 aromatic heterocycles. The molecule has 0 aromatic carbocycles. The number of ether oxygens (including phenoxy) is 3. The number of hydrogen-bond acceptors (Lipinski definition) is 6. The summed E-state index contributed by atoms with van der Waals surface area (Å²) in [6.45, 7) is 6.23. The predicted molar refractivity (Wildman–Crippen MR) is 361 cm³/mol. The second-order valence-electron chi connectivity index (χ2n) is 20.9. The first-order valence-corrected chi connectivity index (χ1v) is 32.9. The lowest BCUT2D eigenvalue weighted by atomic mass is 10.1. The number of allylic oxidation sites excluding steroid dienone is 32. The Labute approximate surface area is 509 Å². The lowest BCUT2D eigenvalue weighted by molar-refractivity contribution is -0.167. The van der Waals surface area contributed by atoms with Gasteiger partial charge in [0.2, 0.25) is 0 Å². The number of carbonyl (C=O) groups excluding carboxylic acids is 3. The zero-order chi connectivity index (χ0) is 59.9. The molecular weight excluding hydrogens is 1020 g/mol. The van der Waals surface area contributed by atoms with E-state index < -0.39 is 6.10 Å². The van der Waals surface area contributed by atoms with Crippen molar-refractivity contribution in [2.24, 2.45) is 0 Å². The number of carbonyl (C=O) groups is 3. The lowest BCUT2D eigenvalue weighted by Gasteiger charge is -2.18. The highest BCUT2D eigenvalue weighted by Crippen LogP contribution is 2.13. The van der Waals surface area contributed by atoms with Gasteiger partial charge in [-0.2, -0.15) is 0 Å². The Hall–Kier alpha value is -5.75. The minimum Gasteiger partial charge on any atom is -0.462 e. The molecule has 0 radical (unpaired) electrons. The maximum absolute atomic E-state index is 12.9. The molecule has 0 heterocycles. The van der Waals surface area contributed by atoms with Crippen LogP contribution in [0.4, 0.5) is 0 Å². The largest absolute Gasteiger partial charge is 0.462 e. The maximum Gasteiger partial charge on any atom is 0.306 e. The molecule has 0 aromatic rings. The van der Waals surface area contributed by atoms with Gasteiger partial charge >= 0.3 is 17.9 Å². The molecule has 462 valence electrons. The molecule has 0 saturated carbocycles. The molecule has 0 aliphatic heterocycles. The summed E-state index contributed by atoms with van der Waals surface area (Å²) in [5, 5.41) is 0. The van der Waals surface area contributed by atoms with Gasteiger partial charge in [-0.3, -0.25) is 14.4 Å². The van der Waals surface area contributed by atoms with Crippen molar-refractivity contribution < 1.29 is 28.6 Å². The molecule has 1 unspecified atom stereocenters. The zero-order valence-electron chi connectivity index (χ0n) is 52.9. The van der Waals surface area contributed by atoms with Gasteiger partial charge in [-0.25, -0.2) is 0 Å². The first-order valence-electron chi connectivity index (χ1n) is 32.9. The minimum absolute atomic E-state index is 0.113. The Balaban J connectivity index is 4.43. The predicted octanol–water partition coefficient (Wildman–Crippen LogP) is 23.0. The van der Waals surface area contributed by atoms with Crippen LogP contribution in [0.3, 0.4) is 0 Å². The van der Waals surface area contributed by atoms with Crippen molar-refractivity contribution in [3.05, 3.63) is 194 Å². The van der Waals surface area contributed by atoms with Crippen LogP contribution < -0.4 is 0 Å². The highest BCUT2D eigenvalue weighted by molar-refractivity contribution is 5.71. The third-order valence-electron chi connectivity index (χ3n) is 13.1. The summed E-state index contributed by atoms with van der Waals surface area (Å²) in [7, 11) is 0. The van der Waals surface area contributed by atoms with Gasteiger partial charge in [0.15, 0.2) is 6.10 Å². The van der Waals surface area contributed by atoms with Crippen molar-refractivity contribution in [2.75, 3.05) is 13.2 Å². The fourth-order valence-corrected chi connectivity index (χ4v) is 8.26. The second kappa shape index (κ2) is 68.7. The number of hydrogen-bond donors (Lipinski definition) is 0. The van der Waals surface area contributed by atoms with Gasteiger partial charge in [0, 0.05) is 19.3 Å².